The molecule has 0 fully saturated rings. The molecule has 1 rings (SSSR count). The summed E-state index contributed by atoms with van der Waals surface area (Å²) in [6, 6.07) is 6.68. The quantitative estimate of drug-likeness (QED) is 0.703. The molecule has 18 heavy (non-hydrogen) atoms. The molecule has 0 aliphatic heterocycles. The molecule has 0 aliphatic carbocycles. The molecule has 0 amide bonds. The zero-order valence-electron chi connectivity index (χ0n) is 11.6. The predicted octanol–water partition coefficient (Wildman–Crippen LogP) is 4.69. The van der Waals surface area contributed by atoms with Crippen molar-refractivity contribution < 1.29 is 4.74 Å². The smallest absolute Gasteiger partial charge is 0.120 e. The first-order chi connectivity index (χ1) is 8.72. The number of rotatable bonds is 8. The maximum absolute atomic E-state index is 5.50. The summed E-state index contributed by atoms with van der Waals surface area (Å²) < 4.78 is 6.63. The highest BCUT2D eigenvalue weighted by Gasteiger charge is 2.12. The van der Waals surface area contributed by atoms with Crippen molar-refractivity contribution in [3.05, 3.63) is 28.2 Å². The molecule has 0 radical (unpaired) electrons. The highest BCUT2D eigenvalue weighted by Crippen LogP contribution is 2.30. The van der Waals surface area contributed by atoms with Crippen LogP contribution in [0.5, 0.6) is 5.75 Å². The number of hydrogen-bond donors (Lipinski definition) is 1. The van der Waals surface area contributed by atoms with Gasteiger partial charge in [0.2, 0.25) is 0 Å². The van der Waals surface area contributed by atoms with Gasteiger partial charge in [-0.25, -0.2) is 0 Å². The maximum Gasteiger partial charge on any atom is 0.120 e. The molecule has 0 heterocycles. The van der Waals surface area contributed by atoms with Crippen LogP contribution in [0.3, 0.4) is 0 Å². The summed E-state index contributed by atoms with van der Waals surface area (Å²) in [5, 5.41) is 3.40. The lowest BCUT2D eigenvalue weighted by Crippen LogP contribution is -2.16. The Morgan fingerprint density at radius 2 is 2.06 bits per heavy atom. The number of halogens is 1. The van der Waals surface area contributed by atoms with Gasteiger partial charge in [0.05, 0.1) is 6.61 Å². The van der Waals surface area contributed by atoms with E-state index in [1.165, 1.54) is 31.2 Å². The van der Waals surface area contributed by atoms with Crippen molar-refractivity contribution in [2.75, 3.05) is 13.7 Å². The zero-order chi connectivity index (χ0) is 13.4. The Balaban J connectivity index is 2.73. The van der Waals surface area contributed by atoms with E-state index in [1.54, 1.807) is 0 Å². The number of nitrogens with one attached hydrogen (secondary N) is 1. The summed E-state index contributed by atoms with van der Waals surface area (Å²) in [6.45, 7) is 4.95. The molecule has 2 nitrogen and oxygen atoms in total. The molecule has 0 spiro atoms. The molecule has 1 unspecified atom stereocenters. The van der Waals surface area contributed by atoms with Gasteiger partial charge in [-0.15, -0.1) is 0 Å². The number of benzene rings is 1. The highest BCUT2D eigenvalue weighted by molar-refractivity contribution is 9.10. The number of ether oxygens (including phenoxy) is 1. The average Bonchev–Trinajstić information content (AvgIpc) is 2.36. The fourth-order valence-electron chi connectivity index (χ4n) is 2.10. The van der Waals surface area contributed by atoms with Gasteiger partial charge in [-0.2, -0.15) is 0 Å². The van der Waals surface area contributed by atoms with E-state index in [0.717, 1.165) is 10.2 Å². The van der Waals surface area contributed by atoms with Crippen LogP contribution >= 0.6 is 15.9 Å². The summed E-state index contributed by atoms with van der Waals surface area (Å²) in [5.74, 6) is 0.927. The second kappa shape index (κ2) is 8.54. The summed E-state index contributed by atoms with van der Waals surface area (Å²) in [7, 11) is 2.03. The summed E-state index contributed by atoms with van der Waals surface area (Å²) >= 11 is 3.65. The van der Waals surface area contributed by atoms with Crippen LogP contribution < -0.4 is 10.1 Å². The molecule has 0 aliphatic rings. The third-order valence-corrected chi connectivity index (χ3v) is 3.79. The van der Waals surface area contributed by atoms with Crippen molar-refractivity contribution in [3.63, 3.8) is 0 Å². The van der Waals surface area contributed by atoms with Gasteiger partial charge in [-0.3, -0.25) is 0 Å². The Morgan fingerprint density at radius 3 is 2.61 bits per heavy atom. The van der Waals surface area contributed by atoms with Crippen LogP contribution in [0.25, 0.3) is 0 Å². The Morgan fingerprint density at radius 1 is 1.28 bits per heavy atom. The molecular weight excluding hydrogens is 290 g/mol. The Labute approximate surface area is 119 Å². The lowest BCUT2D eigenvalue weighted by molar-refractivity contribution is 0.339. The molecular formula is C15H24BrNO. The van der Waals surface area contributed by atoms with Gasteiger partial charge in [0.25, 0.3) is 0 Å². The normalized spacial score (nSPS) is 12.4. The van der Waals surface area contributed by atoms with Crippen molar-refractivity contribution in [2.24, 2.45) is 0 Å². The molecule has 102 valence electrons. The molecule has 0 aromatic heterocycles. The van der Waals surface area contributed by atoms with E-state index in [-0.39, 0.29) is 0 Å². The molecule has 1 aromatic carbocycles. The topological polar surface area (TPSA) is 21.3 Å². The maximum atomic E-state index is 5.50. The zero-order valence-corrected chi connectivity index (χ0v) is 13.2. The predicted molar refractivity (Wildman–Crippen MR) is 81.3 cm³/mol. The number of hydrogen-bond acceptors (Lipinski definition) is 2. The lowest BCUT2D eigenvalue weighted by atomic mass is 10.0. The van der Waals surface area contributed by atoms with Gasteiger partial charge in [0.1, 0.15) is 5.75 Å². The van der Waals surface area contributed by atoms with Gasteiger partial charge in [-0.05, 0) is 38.1 Å². The SMILES string of the molecule is CCCCCC(NC)c1ccc(OCC)cc1Br. The van der Waals surface area contributed by atoms with Crippen LogP contribution in [0, 0.1) is 0 Å². The van der Waals surface area contributed by atoms with Gasteiger partial charge in [0.15, 0.2) is 0 Å². The number of unbranched alkanes of at least 4 members (excludes halogenated alkanes) is 2. The van der Waals surface area contributed by atoms with E-state index in [2.05, 4.69) is 40.3 Å². The molecule has 1 aromatic rings. The van der Waals surface area contributed by atoms with Crippen LogP contribution in [0.4, 0.5) is 0 Å². The lowest BCUT2D eigenvalue weighted by Gasteiger charge is -2.18. The molecule has 1 atom stereocenters. The molecule has 3 heteroatoms. The van der Waals surface area contributed by atoms with Crippen molar-refractivity contribution >= 4 is 15.9 Å². The van der Waals surface area contributed by atoms with E-state index < -0.39 is 0 Å². The Bertz CT molecular complexity index is 354. The van der Waals surface area contributed by atoms with Crippen LogP contribution in [0.15, 0.2) is 22.7 Å². The summed E-state index contributed by atoms with van der Waals surface area (Å²) in [6.07, 6.45) is 5.01. The first-order valence-electron chi connectivity index (χ1n) is 6.82. The van der Waals surface area contributed by atoms with Crippen molar-refractivity contribution in [3.8, 4) is 5.75 Å². The van der Waals surface area contributed by atoms with Crippen LogP contribution in [-0.2, 0) is 0 Å². The minimum Gasteiger partial charge on any atom is -0.494 e. The first-order valence-corrected chi connectivity index (χ1v) is 7.61. The van der Waals surface area contributed by atoms with Crippen molar-refractivity contribution in [2.45, 2.75) is 45.6 Å². The Kier molecular flexibility index (Phi) is 7.36. The van der Waals surface area contributed by atoms with Crippen LogP contribution in [0.2, 0.25) is 0 Å². The van der Waals surface area contributed by atoms with Gasteiger partial charge in [0, 0.05) is 10.5 Å². The van der Waals surface area contributed by atoms with Crippen molar-refractivity contribution in [1.82, 2.24) is 5.32 Å². The monoisotopic (exact) mass is 313 g/mol. The minimum absolute atomic E-state index is 0.418. The van der Waals surface area contributed by atoms with Gasteiger partial charge >= 0.3 is 0 Å². The fraction of sp³-hybridized carbons (Fsp3) is 0.600. The average molecular weight is 314 g/mol. The summed E-state index contributed by atoms with van der Waals surface area (Å²) in [5.41, 5.74) is 1.32. The van der Waals surface area contributed by atoms with E-state index in [9.17, 15) is 0 Å². The van der Waals surface area contributed by atoms with Gasteiger partial charge in [-0.1, -0.05) is 48.2 Å². The second-order valence-corrected chi connectivity index (χ2v) is 5.31. The van der Waals surface area contributed by atoms with Crippen LogP contribution in [0.1, 0.15) is 51.1 Å². The van der Waals surface area contributed by atoms with E-state index in [0.29, 0.717) is 12.6 Å². The minimum atomic E-state index is 0.418. The largest absolute Gasteiger partial charge is 0.494 e. The second-order valence-electron chi connectivity index (χ2n) is 4.45. The van der Waals surface area contributed by atoms with E-state index in [1.807, 2.05) is 20.0 Å². The third-order valence-electron chi connectivity index (χ3n) is 3.10. The fourth-order valence-corrected chi connectivity index (χ4v) is 2.73. The highest BCUT2D eigenvalue weighted by atomic mass is 79.9. The van der Waals surface area contributed by atoms with Gasteiger partial charge < -0.3 is 10.1 Å². The molecule has 0 saturated carbocycles. The van der Waals surface area contributed by atoms with Crippen molar-refractivity contribution in [1.29, 1.82) is 0 Å². The van der Waals surface area contributed by atoms with E-state index >= 15 is 0 Å². The molecule has 0 saturated heterocycles. The molecule has 0 bridgehead atoms. The van der Waals surface area contributed by atoms with E-state index in [4.69, 9.17) is 4.74 Å². The third kappa shape index (κ3) is 4.62. The Hall–Kier alpha value is -0.540. The van der Waals surface area contributed by atoms with Crippen LogP contribution in [-0.4, -0.2) is 13.7 Å². The standard InChI is InChI=1S/C15H24BrNO/c1-4-6-7-8-15(17-3)13-10-9-12(18-5-2)11-14(13)16/h9-11,15,17H,4-8H2,1-3H3. The summed E-state index contributed by atoms with van der Waals surface area (Å²) in [4.78, 5) is 0. The molecule has 1 N–H and O–H groups in total. The first kappa shape index (κ1) is 15.5.